The Kier molecular flexibility index (Phi) is 11.0. The van der Waals surface area contributed by atoms with Crippen molar-refractivity contribution in [3.63, 3.8) is 0 Å². The van der Waals surface area contributed by atoms with Crippen molar-refractivity contribution in [3.05, 3.63) is 24.3 Å². The minimum atomic E-state index is -0.606. The highest BCUT2D eigenvalue weighted by Crippen LogP contribution is 2.33. The first kappa shape index (κ1) is 22.1. The molecule has 0 aromatic heterocycles. The average Bonchev–Trinajstić information content (AvgIpc) is 2.82. The number of Topliss-reactive ketones (excluding diaryl/α,β-unsaturated/α-hetero) is 1. The molecular weight excluding hydrogens is 312 g/mol. The van der Waals surface area contributed by atoms with Crippen LogP contribution < -0.4 is 0 Å². The summed E-state index contributed by atoms with van der Waals surface area (Å²) in [5.74, 6) is 0.580. The monoisotopic (exact) mass is 350 g/mol. The predicted molar refractivity (Wildman–Crippen MR) is 104 cm³/mol. The van der Waals surface area contributed by atoms with E-state index in [2.05, 4.69) is 32.9 Å². The summed E-state index contributed by atoms with van der Waals surface area (Å²) < 4.78 is 0. The van der Waals surface area contributed by atoms with Crippen molar-refractivity contribution in [1.82, 2.24) is 0 Å². The molecule has 0 aromatic rings. The molecule has 0 saturated heterocycles. The SMILES string of the molecule is CCCCCC(O)/C=C/[C@H]1[C@H](O)CC(=O)[C@@H]1CC=CCCCC(C)C. The summed E-state index contributed by atoms with van der Waals surface area (Å²) >= 11 is 0. The molecule has 0 amide bonds. The third kappa shape index (κ3) is 8.82. The standard InChI is InChI=1S/C22H38O3/c1-4-5-8-12-18(23)14-15-20-19(21(24)16-22(20)25)13-10-7-6-9-11-17(2)3/h7,10,14-15,17-20,22-23,25H,4-6,8-9,11-13,16H2,1-3H3/b10-7?,15-14+/t18?,19-,20-,22-/m1/s1. The molecule has 1 unspecified atom stereocenters. The van der Waals surface area contributed by atoms with Crippen molar-refractivity contribution in [2.45, 2.75) is 90.8 Å². The van der Waals surface area contributed by atoms with E-state index in [0.29, 0.717) is 6.42 Å². The Morgan fingerprint density at radius 3 is 2.60 bits per heavy atom. The van der Waals surface area contributed by atoms with Crippen LogP contribution in [0.15, 0.2) is 24.3 Å². The molecular formula is C22H38O3. The van der Waals surface area contributed by atoms with Gasteiger partial charge in [0.2, 0.25) is 0 Å². The van der Waals surface area contributed by atoms with Crippen LogP contribution in [0.2, 0.25) is 0 Å². The number of rotatable bonds is 12. The number of allylic oxidation sites excluding steroid dienone is 2. The summed E-state index contributed by atoms with van der Waals surface area (Å²) in [5.41, 5.74) is 0. The van der Waals surface area contributed by atoms with Crippen molar-refractivity contribution < 1.29 is 15.0 Å². The van der Waals surface area contributed by atoms with Gasteiger partial charge in [-0.15, -0.1) is 0 Å². The van der Waals surface area contributed by atoms with Crippen LogP contribution in [0, 0.1) is 17.8 Å². The molecule has 4 atom stereocenters. The molecule has 25 heavy (non-hydrogen) atoms. The van der Waals surface area contributed by atoms with Crippen LogP contribution >= 0.6 is 0 Å². The Balaban J connectivity index is 2.47. The summed E-state index contributed by atoms with van der Waals surface area (Å²) in [4.78, 5) is 12.2. The van der Waals surface area contributed by atoms with Gasteiger partial charge in [0.1, 0.15) is 5.78 Å². The van der Waals surface area contributed by atoms with Crippen LogP contribution in [0.1, 0.15) is 78.6 Å². The van der Waals surface area contributed by atoms with E-state index in [1.807, 2.05) is 6.08 Å². The lowest BCUT2D eigenvalue weighted by Crippen LogP contribution is -2.18. The second kappa shape index (κ2) is 12.4. The maximum Gasteiger partial charge on any atom is 0.139 e. The van der Waals surface area contributed by atoms with Gasteiger partial charge < -0.3 is 10.2 Å². The molecule has 1 saturated carbocycles. The molecule has 3 heteroatoms. The summed E-state index contributed by atoms with van der Waals surface area (Å²) in [5, 5.41) is 20.2. The molecule has 0 heterocycles. The van der Waals surface area contributed by atoms with Crippen LogP contribution in [-0.4, -0.2) is 28.2 Å². The zero-order chi connectivity index (χ0) is 18.7. The zero-order valence-electron chi connectivity index (χ0n) is 16.4. The Bertz CT molecular complexity index is 425. The Hall–Kier alpha value is -0.930. The van der Waals surface area contributed by atoms with Crippen LogP contribution in [0.3, 0.4) is 0 Å². The summed E-state index contributed by atoms with van der Waals surface area (Å²) in [6.45, 7) is 6.61. The van der Waals surface area contributed by atoms with Gasteiger partial charge in [0.15, 0.2) is 0 Å². The first-order valence-electron chi connectivity index (χ1n) is 10.2. The molecule has 1 aliphatic carbocycles. The lowest BCUT2D eigenvalue weighted by atomic mass is 9.90. The number of aliphatic hydroxyl groups excluding tert-OH is 2. The van der Waals surface area contributed by atoms with Crippen LogP contribution in [0.4, 0.5) is 0 Å². The lowest BCUT2D eigenvalue weighted by molar-refractivity contribution is -0.121. The van der Waals surface area contributed by atoms with Crippen molar-refractivity contribution >= 4 is 5.78 Å². The fraction of sp³-hybridized carbons (Fsp3) is 0.773. The van der Waals surface area contributed by atoms with Crippen LogP contribution in [0.25, 0.3) is 0 Å². The van der Waals surface area contributed by atoms with Gasteiger partial charge in [0.05, 0.1) is 12.2 Å². The number of hydrogen-bond donors (Lipinski definition) is 2. The third-order valence-electron chi connectivity index (χ3n) is 5.10. The summed E-state index contributed by atoms with van der Waals surface area (Å²) in [7, 11) is 0. The van der Waals surface area contributed by atoms with E-state index in [4.69, 9.17) is 0 Å². The summed E-state index contributed by atoms with van der Waals surface area (Å²) in [6.07, 6.45) is 15.3. The normalized spacial score (nSPS) is 25.7. The Labute approximate surface area is 154 Å². The molecule has 1 fully saturated rings. The molecule has 0 bridgehead atoms. The molecule has 3 nitrogen and oxygen atoms in total. The first-order valence-corrected chi connectivity index (χ1v) is 10.2. The van der Waals surface area contributed by atoms with Gasteiger partial charge in [-0.1, -0.05) is 70.8 Å². The zero-order valence-corrected chi connectivity index (χ0v) is 16.4. The van der Waals surface area contributed by atoms with Gasteiger partial charge in [0, 0.05) is 18.3 Å². The number of hydrogen-bond acceptors (Lipinski definition) is 3. The number of carbonyl (C=O) groups excluding carboxylic acids is 1. The summed E-state index contributed by atoms with van der Waals surface area (Å²) in [6, 6.07) is 0. The molecule has 0 radical (unpaired) electrons. The van der Waals surface area contributed by atoms with Gasteiger partial charge in [0.25, 0.3) is 0 Å². The minimum absolute atomic E-state index is 0.143. The van der Waals surface area contributed by atoms with Gasteiger partial charge >= 0.3 is 0 Å². The number of unbranched alkanes of at least 4 members (excludes halogenated alkanes) is 3. The molecule has 1 aliphatic rings. The van der Waals surface area contributed by atoms with E-state index in [1.165, 1.54) is 12.8 Å². The lowest BCUT2D eigenvalue weighted by Gasteiger charge is -2.16. The van der Waals surface area contributed by atoms with Gasteiger partial charge in [-0.3, -0.25) is 4.79 Å². The first-order chi connectivity index (χ1) is 12.0. The second-order valence-electron chi connectivity index (χ2n) is 7.90. The van der Waals surface area contributed by atoms with Crippen molar-refractivity contribution in [2.75, 3.05) is 0 Å². The quantitative estimate of drug-likeness (QED) is 0.392. The van der Waals surface area contributed by atoms with E-state index in [-0.39, 0.29) is 24.0 Å². The Morgan fingerprint density at radius 2 is 1.92 bits per heavy atom. The topological polar surface area (TPSA) is 57.5 Å². The Morgan fingerprint density at radius 1 is 1.16 bits per heavy atom. The van der Waals surface area contributed by atoms with Crippen LogP contribution in [0.5, 0.6) is 0 Å². The van der Waals surface area contributed by atoms with E-state index in [0.717, 1.165) is 38.0 Å². The maximum atomic E-state index is 12.2. The van der Waals surface area contributed by atoms with Crippen molar-refractivity contribution in [1.29, 1.82) is 0 Å². The van der Waals surface area contributed by atoms with E-state index >= 15 is 0 Å². The van der Waals surface area contributed by atoms with Crippen molar-refractivity contribution in [2.24, 2.45) is 17.8 Å². The van der Waals surface area contributed by atoms with E-state index < -0.39 is 12.2 Å². The molecule has 0 aromatic carbocycles. The highest BCUT2D eigenvalue weighted by Gasteiger charge is 2.39. The smallest absolute Gasteiger partial charge is 0.139 e. The molecule has 144 valence electrons. The third-order valence-corrected chi connectivity index (χ3v) is 5.10. The number of ketones is 1. The average molecular weight is 351 g/mol. The number of carbonyl (C=O) groups is 1. The van der Waals surface area contributed by atoms with Gasteiger partial charge in [-0.2, -0.15) is 0 Å². The minimum Gasteiger partial charge on any atom is -0.392 e. The maximum absolute atomic E-state index is 12.2. The second-order valence-corrected chi connectivity index (χ2v) is 7.90. The van der Waals surface area contributed by atoms with E-state index in [1.54, 1.807) is 6.08 Å². The van der Waals surface area contributed by atoms with Crippen molar-refractivity contribution in [3.8, 4) is 0 Å². The molecule has 2 N–H and O–H groups in total. The molecule has 0 spiro atoms. The van der Waals surface area contributed by atoms with Gasteiger partial charge in [-0.05, 0) is 31.6 Å². The van der Waals surface area contributed by atoms with E-state index in [9.17, 15) is 15.0 Å². The van der Waals surface area contributed by atoms with Crippen LogP contribution in [-0.2, 0) is 4.79 Å². The van der Waals surface area contributed by atoms with Gasteiger partial charge in [-0.25, -0.2) is 0 Å². The highest BCUT2D eigenvalue weighted by molar-refractivity contribution is 5.84. The predicted octanol–water partition coefficient (Wildman–Crippen LogP) is 4.82. The highest BCUT2D eigenvalue weighted by atomic mass is 16.3. The molecule has 0 aliphatic heterocycles. The number of aliphatic hydroxyl groups is 2. The fourth-order valence-electron chi connectivity index (χ4n) is 3.49. The fourth-order valence-corrected chi connectivity index (χ4v) is 3.49. The largest absolute Gasteiger partial charge is 0.392 e. The molecule has 1 rings (SSSR count).